The van der Waals surface area contributed by atoms with E-state index in [-0.39, 0.29) is 5.41 Å². The van der Waals surface area contributed by atoms with E-state index in [0.29, 0.717) is 17.3 Å². The van der Waals surface area contributed by atoms with Crippen molar-refractivity contribution in [1.29, 1.82) is 0 Å². The van der Waals surface area contributed by atoms with Crippen LogP contribution in [-0.2, 0) is 5.41 Å². The summed E-state index contributed by atoms with van der Waals surface area (Å²) in [6.07, 6.45) is 0. The summed E-state index contributed by atoms with van der Waals surface area (Å²) in [5.41, 5.74) is 11.8. The Morgan fingerprint density at radius 1 is 0.451 bits per heavy atom. The molecule has 0 saturated heterocycles. The van der Waals surface area contributed by atoms with E-state index in [2.05, 4.69) is 141 Å². The van der Waals surface area contributed by atoms with E-state index in [9.17, 15) is 0 Å². The van der Waals surface area contributed by atoms with Gasteiger partial charge in [-0.25, -0.2) is 9.97 Å². The summed E-state index contributed by atoms with van der Waals surface area (Å²) in [5.74, 6) is 3.65. The Morgan fingerprint density at radius 2 is 1.14 bits per heavy atom. The maximum absolute atomic E-state index is 6.62. The number of fused-ring (bicyclic) bond motifs is 7. The van der Waals surface area contributed by atoms with Gasteiger partial charge in [0.1, 0.15) is 0 Å². The van der Waals surface area contributed by atoms with Crippen LogP contribution in [0, 0.1) is 0 Å². The first-order chi connectivity index (χ1) is 25.0. The molecule has 2 heterocycles. The second-order valence-corrected chi connectivity index (χ2v) is 13.8. The molecular formula is C47H32N2O2. The van der Waals surface area contributed by atoms with Crippen molar-refractivity contribution in [2.24, 2.45) is 0 Å². The number of hydrogen-bond acceptors (Lipinski definition) is 4. The molecule has 0 N–H and O–H groups in total. The lowest BCUT2D eigenvalue weighted by atomic mass is 9.82. The lowest BCUT2D eigenvalue weighted by Crippen LogP contribution is -2.15. The highest BCUT2D eigenvalue weighted by Crippen LogP contribution is 2.58. The molecule has 1 aliphatic carbocycles. The monoisotopic (exact) mass is 656 g/mol. The molecule has 8 aromatic rings. The van der Waals surface area contributed by atoms with Gasteiger partial charge >= 0.3 is 0 Å². The molecule has 0 bridgehead atoms. The quantitative estimate of drug-likeness (QED) is 0.189. The fraction of sp³-hybridized carbons (Fsp3) is 0.0638. The summed E-state index contributed by atoms with van der Waals surface area (Å²) in [6.45, 7) is 4.55. The highest BCUT2D eigenvalue weighted by Gasteiger charge is 2.39. The molecule has 242 valence electrons. The lowest BCUT2D eigenvalue weighted by Gasteiger charge is -2.25. The van der Waals surface area contributed by atoms with E-state index in [1.54, 1.807) is 0 Å². The fourth-order valence-electron chi connectivity index (χ4n) is 7.74. The van der Waals surface area contributed by atoms with Crippen LogP contribution in [0.15, 0.2) is 158 Å². The van der Waals surface area contributed by atoms with Crippen molar-refractivity contribution in [1.82, 2.24) is 9.97 Å². The van der Waals surface area contributed by atoms with Gasteiger partial charge < -0.3 is 9.47 Å². The van der Waals surface area contributed by atoms with Gasteiger partial charge in [0.05, 0.1) is 11.4 Å². The van der Waals surface area contributed by atoms with Crippen LogP contribution in [0.4, 0.5) is 0 Å². The van der Waals surface area contributed by atoms with Crippen LogP contribution in [-0.4, -0.2) is 9.97 Å². The molecule has 0 radical (unpaired) electrons. The van der Waals surface area contributed by atoms with Crippen LogP contribution in [0.25, 0.3) is 66.9 Å². The van der Waals surface area contributed by atoms with Gasteiger partial charge in [-0.15, -0.1) is 0 Å². The topological polar surface area (TPSA) is 44.2 Å². The fourth-order valence-corrected chi connectivity index (χ4v) is 7.74. The van der Waals surface area contributed by atoms with Crippen molar-refractivity contribution in [3.8, 4) is 79.2 Å². The molecule has 0 atom stereocenters. The zero-order valence-corrected chi connectivity index (χ0v) is 28.2. The van der Waals surface area contributed by atoms with Gasteiger partial charge in [0, 0.05) is 27.7 Å². The van der Waals surface area contributed by atoms with E-state index >= 15 is 0 Å². The van der Waals surface area contributed by atoms with Gasteiger partial charge in [-0.3, -0.25) is 0 Å². The third-order valence-corrected chi connectivity index (χ3v) is 10.4. The second-order valence-electron chi connectivity index (χ2n) is 13.8. The number of rotatable bonds is 4. The van der Waals surface area contributed by atoms with E-state index in [4.69, 9.17) is 19.4 Å². The van der Waals surface area contributed by atoms with Crippen molar-refractivity contribution >= 4 is 10.8 Å². The molecule has 4 nitrogen and oxygen atoms in total. The molecular weight excluding hydrogens is 625 g/mol. The average Bonchev–Trinajstić information content (AvgIpc) is 3.43. The third kappa shape index (κ3) is 4.75. The van der Waals surface area contributed by atoms with Crippen LogP contribution in [0.2, 0.25) is 0 Å². The Kier molecular flexibility index (Phi) is 6.49. The molecule has 2 aliphatic rings. The lowest BCUT2D eigenvalue weighted by molar-refractivity contribution is 0.360. The molecule has 0 saturated carbocycles. The average molecular weight is 657 g/mol. The SMILES string of the molecule is CC1(C)c2ccccc2-c2c1ccc1c2Oc2ccc(-c3ccc(-c4cc(-c5cccc6ccccc56)nc(-c5ccccc5)n4)cc3)cc2O1. The number of aromatic nitrogens is 2. The second kappa shape index (κ2) is 11.3. The van der Waals surface area contributed by atoms with Crippen LogP contribution in [0.5, 0.6) is 23.0 Å². The molecule has 1 aromatic heterocycles. The van der Waals surface area contributed by atoms with Gasteiger partial charge in [-0.1, -0.05) is 147 Å². The minimum absolute atomic E-state index is 0.104. The van der Waals surface area contributed by atoms with Crippen molar-refractivity contribution in [3.63, 3.8) is 0 Å². The predicted molar refractivity (Wildman–Crippen MR) is 205 cm³/mol. The zero-order chi connectivity index (χ0) is 34.1. The zero-order valence-electron chi connectivity index (χ0n) is 28.2. The highest BCUT2D eigenvalue weighted by molar-refractivity contribution is 5.96. The summed E-state index contributed by atoms with van der Waals surface area (Å²) in [5, 5.41) is 2.35. The first kappa shape index (κ1) is 29.4. The predicted octanol–water partition coefficient (Wildman–Crippen LogP) is 12.5. The minimum atomic E-state index is -0.104. The summed E-state index contributed by atoms with van der Waals surface area (Å²) >= 11 is 0. The first-order valence-corrected chi connectivity index (χ1v) is 17.3. The van der Waals surface area contributed by atoms with E-state index in [1.807, 2.05) is 30.3 Å². The van der Waals surface area contributed by atoms with Crippen LogP contribution in [0.3, 0.4) is 0 Å². The molecule has 7 aromatic carbocycles. The molecule has 4 heteroatoms. The van der Waals surface area contributed by atoms with Crippen LogP contribution in [0.1, 0.15) is 25.0 Å². The van der Waals surface area contributed by atoms with E-state index < -0.39 is 0 Å². The molecule has 51 heavy (non-hydrogen) atoms. The molecule has 1 aliphatic heterocycles. The molecule has 0 unspecified atom stereocenters. The Balaban J connectivity index is 0.996. The van der Waals surface area contributed by atoms with Gasteiger partial charge in [0.2, 0.25) is 0 Å². The smallest absolute Gasteiger partial charge is 0.178 e. The standard InChI is InChI=1S/C47H32N2O2/c1-47(2)37-18-9-8-16-36(37)44-38(47)24-26-42-45(44)51-41-25-23-33(27-43(41)50-42)29-19-21-31(22-20-29)39-28-40(49-46(48-39)32-12-4-3-5-13-32)35-17-10-14-30-11-6-7-15-34(30)35/h3-28H,1-2H3. The first-order valence-electron chi connectivity index (χ1n) is 17.3. The Hall–Kier alpha value is -6.52. The third-order valence-electron chi connectivity index (χ3n) is 10.4. The summed E-state index contributed by atoms with van der Waals surface area (Å²) in [4.78, 5) is 10.1. The van der Waals surface area contributed by atoms with Crippen molar-refractivity contribution in [2.45, 2.75) is 19.3 Å². The normalized spacial score (nSPS) is 13.4. The Bertz CT molecular complexity index is 2660. The van der Waals surface area contributed by atoms with Crippen molar-refractivity contribution < 1.29 is 9.47 Å². The molecule has 0 amide bonds. The Morgan fingerprint density at radius 3 is 2.02 bits per heavy atom. The maximum Gasteiger partial charge on any atom is 0.178 e. The maximum atomic E-state index is 6.62. The number of ether oxygens (including phenoxy) is 2. The van der Waals surface area contributed by atoms with E-state index in [0.717, 1.165) is 56.3 Å². The summed E-state index contributed by atoms with van der Waals surface area (Å²) < 4.78 is 13.2. The van der Waals surface area contributed by atoms with E-state index in [1.165, 1.54) is 27.5 Å². The van der Waals surface area contributed by atoms with Crippen LogP contribution < -0.4 is 9.47 Å². The van der Waals surface area contributed by atoms with Crippen molar-refractivity contribution in [3.05, 3.63) is 169 Å². The van der Waals surface area contributed by atoms with Gasteiger partial charge in [0.25, 0.3) is 0 Å². The largest absolute Gasteiger partial charge is 0.449 e. The number of hydrogen-bond donors (Lipinski definition) is 0. The van der Waals surface area contributed by atoms with Gasteiger partial charge in [0.15, 0.2) is 28.8 Å². The number of nitrogens with zero attached hydrogens (tertiary/aromatic N) is 2. The van der Waals surface area contributed by atoms with Crippen LogP contribution >= 0.6 is 0 Å². The van der Waals surface area contributed by atoms with Gasteiger partial charge in [-0.05, 0) is 62.9 Å². The summed E-state index contributed by atoms with van der Waals surface area (Å²) in [7, 11) is 0. The van der Waals surface area contributed by atoms with Gasteiger partial charge in [-0.2, -0.15) is 0 Å². The highest BCUT2D eigenvalue weighted by atomic mass is 16.6. The molecule has 10 rings (SSSR count). The Labute approximate surface area is 296 Å². The molecule has 0 spiro atoms. The number of benzene rings is 7. The minimum Gasteiger partial charge on any atom is -0.449 e. The summed E-state index contributed by atoms with van der Waals surface area (Å²) in [6, 6.07) is 54.6. The van der Waals surface area contributed by atoms with Crippen molar-refractivity contribution in [2.75, 3.05) is 0 Å². The molecule has 0 fully saturated rings.